The Balaban J connectivity index is 1.33. The second-order valence-corrected chi connectivity index (χ2v) is 8.54. The van der Waals surface area contributed by atoms with Crippen LogP contribution in [0.5, 0.6) is 0 Å². The SMILES string of the molecule is Cc1cc(C)n(CCNC(=O)CC2C(=O)NCCN2Cc2ccc(-c3ccccc3)cc2)n1. The normalized spacial score (nSPS) is 16.4. The Hall–Kier alpha value is -3.45. The topological polar surface area (TPSA) is 79.3 Å². The quantitative estimate of drug-likeness (QED) is 0.559. The molecule has 1 unspecified atom stereocenters. The average Bonchev–Trinajstić information content (AvgIpc) is 3.14. The Kier molecular flexibility index (Phi) is 7.19. The van der Waals surface area contributed by atoms with Gasteiger partial charge in [-0.2, -0.15) is 5.10 Å². The Bertz CT molecular complexity index is 1090. The highest BCUT2D eigenvalue weighted by molar-refractivity contribution is 5.88. The molecule has 33 heavy (non-hydrogen) atoms. The number of aryl methyl sites for hydroxylation is 2. The molecule has 1 aromatic heterocycles. The van der Waals surface area contributed by atoms with Crippen molar-refractivity contribution in [3.8, 4) is 11.1 Å². The fourth-order valence-electron chi connectivity index (χ4n) is 4.29. The van der Waals surface area contributed by atoms with Crippen molar-refractivity contribution in [2.75, 3.05) is 19.6 Å². The van der Waals surface area contributed by atoms with Crippen LogP contribution in [0.1, 0.15) is 23.4 Å². The number of nitrogens with one attached hydrogen (secondary N) is 2. The molecule has 2 N–H and O–H groups in total. The molecule has 0 aliphatic carbocycles. The van der Waals surface area contributed by atoms with Crippen molar-refractivity contribution in [2.45, 2.75) is 39.4 Å². The number of benzene rings is 2. The third-order valence-corrected chi connectivity index (χ3v) is 6.02. The molecule has 1 fully saturated rings. The van der Waals surface area contributed by atoms with Gasteiger partial charge in [0.25, 0.3) is 0 Å². The molecule has 2 heterocycles. The fourth-order valence-corrected chi connectivity index (χ4v) is 4.29. The Labute approximate surface area is 194 Å². The lowest BCUT2D eigenvalue weighted by molar-refractivity contribution is -0.134. The van der Waals surface area contributed by atoms with Crippen LogP contribution in [0.2, 0.25) is 0 Å². The molecule has 1 atom stereocenters. The zero-order valence-corrected chi connectivity index (χ0v) is 19.3. The number of piperazine rings is 1. The lowest BCUT2D eigenvalue weighted by Crippen LogP contribution is -2.56. The fraction of sp³-hybridized carbons (Fsp3) is 0.346. The zero-order chi connectivity index (χ0) is 23.2. The highest BCUT2D eigenvalue weighted by atomic mass is 16.2. The summed E-state index contributed by atoms with van der Waals surface area (Å²) in [6, 6.07) is 20.2. The molecular weight excluding hydrogens is 414 g/mol. The van der Waals surface area contributed by atoms with Crippen molar-refractivity contribution in [3.63, 3.8) is 0 Å². The molecule has 0 radical (unpaired) electrons. The molecule has 1 aliphatic rings. The van der Waals surface area contributed by atoms with Crippen LogP contribution in [0.4, 0.5) is 0 Å². The number of rotatable bonds is 8. The molecule has 0 saturated carbocycles. The van der Waals surface area contributed by atoms with E-state index in [0.29, 0.717) is 26.2 Å². The van der Waals surface area contributed by atoms with Gasteiger partial charge in [0, 0.05) is 31.9 Å². The van der Waals surface area contributed by atoms with E-state index in [1.54, 1.807) is 0 Å². The molecule has 7 heteroatoms. The van der Waals surface area contributed by atoms with Gasteiger partial charge in [-0.3, -0.25) is 19.2 Å². The number of amides is 2. The van der Waals surface area contributed by atoms with Gasteiger partial charge < -0.3 is 10.6 Å². The monoisotopic (exact) mass is 445 g/mol. The van der Waals surface area contributed by atoms with Gasteiger partial charge >= 0.3 is 0 Å². The summed E-state index contributed by atoms with van der Waals surface area (Å²) in [6.45, 7) is 6.99. The molecule has 0 spiro atoms. The highest BCUT2D eigenvalue weighted by Gasteiger charge is 2.31. The molecule has 2 amide bonds. The average molecular weight is 446 g/mol. The highest BCUT2D eigenvalue weighted by Crippen LogP contribution is 2.21. The van der Waals surface area contributed by atoms with Crippen LogP contribution in [-0.4, -0.2) is 52.2 Å². The van der Waals surface area contributed by atoms with E-state index in [1.165, 1.54) is 5.56 Å². The Morgan fingerprint density at radius 3 is 2.52 bits per heavy atom. The smallest absolute Gasteiger partial charge is 0.237 e. The number of nitrogens with zero attached hydrogens (tertiary/aromatic N) is 3. The molecule has 3 aromatic rings. The third-order valence-electron chi connectivity index (χ3n) is 6.02. The molecule has 7 nitrogen and oxygen atoms in total. The van der Waals surface area contributed by atoms with Gasteiger partial charge in [-0.15, -0.1) is 0 Å². The van der Waals surface area contributed by atoms with Crippen molar-refractivity contribution in [2.24, 2.45) is 0 Å². The maximum Gasteiger partial charge on any atom is 0.237 e. The summed E-state index contributed by atoms with van der Waals surface area (Å²) in [5.74, 6) is -0.209. The second-order valence-electron chi connectivity index (χ2n) is 8.54. The number of aromatic nitrogens is 2. The van der Waals surface area contributed by atoms with Crippen LogP contribution in [0, 0.1) is 13.8 Å². The number of hydrogen-bond donors (Lipinski definition) is 2. The number of carbonyl (C=O) groups is 2. The predicted molar refractivity (Wildman–Crippen MR) is 128 cm³/mol. The summed E-state index contributed by atoms with van der Waals surface area (Å²) in [6.07, 6.45) is 0.144. The van der Waals surface area contributed by atoms with Crippen LogP contribution < -0.4 is 10.6 Å². The first-order chi connectivity index (χ1) is 16.0. The third kappa shape index (κ3) is 5.87. The summed E-state index contributed by atoms with van der Waals surface area (Å²) < 4.78 is 1.88. The first kappa shape index (κ1) is 22.7. The van der Waals surface area contributed by atoms with Crippen LogP contribution in [-0.2, 0) is 22.7 Å². The largest absolute Gasteiger partial charge is 0.354 e. The van der Waals surface area contributed by atoms with Crippen LogP contribution >= 0.6 is 0 Å². The molecule has 0 bridgehead atoms. The van der Waals surface area contributed by atoms with Crippen LogP contribution in [0.15, 0.2) is 60.7 Å². The molecule has 4 rings (SSSR count). The summed E-state index contributed by atoms with van der Waals surface area (Å²) in [5.41, 5.74) is 5.49. The van der Waals surface area contributed by atoms with Gasteiger partial charge in [-0.05, 0) is 36.6 Å². The van der Waals surface area contributed by atoms with Crippen molar-refractivity contribution in [1.82, 2.24) is 25.3 Å². The van der Waals surface area contributed by atoms with Crippen molar-refractivity contribution in [3.05, 3.63) is 77.6 Å². The zero-order valence-electron chi connectivity index (χ0n) is 19.3. The van der Waals surface area contributed by atoms with Crippen molar-refractivity contribution < 1.29 is 9.59 Å². The first-order valence-corrected chi connectivity index (χ1v) is 11.4. The first-order valence-electron chi connectivity index (χ1n) is 11.4. The predicted octanol–water partition coefficient (Wildman–Crippen LogP) is 2.67. The van der Waals surface area contributed by atoms with Gasteiger partial charge in [-0.25, -0.2) is 0 Å². The van der Waals surface area contributed by atoms with E-state index in [9.17, 15) is 9.59 Å². The molecule has 2 aromatic carbocycles. The molecular formula is C26H31N5O2. The van der Waals surface area contributed by atoms with E-state index in [4.69, 9.17) is 0 Å². The summed E-state index contributed by atoms with van der Waals surface area (Å²) in [4.78, 5) is 27.2. The summed E-state index contributed by atoms with van der Waals surface area (Å²) >= 11 is 0. The molecule has 1 aliphatic heterocycles. The van der Waals surface area contributed by atoms with Gasteiger partial charge in [0.2, 0.25) is 11.8 Å². The maximum atomic E-state index is 12.6. The van der Waals surface area contributed by atoms with Crippen LogP contribution in [0.3, 0.4) is 0 Å². The Morgan fingerprint density at radius 2 is 1.82 bits per heavy atom. The van der Waals surface area contributed by atoms with Crippen LogP contribution in [0.25, 0.3) is 11.1 Å². The lowest BCUT2D eigenvalue weighted by Gasteiger charge is -2.34. The van der Waals surface area contributed by atoms with E-state index in [2.05, 4.69) is 57.0 Å². The van der Waals surface area contributed by atoms with E-state index >= 15 is 0 Å². The van der Waals surface area contributed by atoms with Gasteiger partial charge in [0.1, 0.15) is 0 Å². The van der Waals surface area contributed by atoms with Crippen molar-refractivity contribution >= 4 is 11.8 Å². The van der Waals surface area contributed by atoms with E-state index in [1.807, 2.05) is 42.8 Å². The van der Waals surface area contributed by atoms with E-state index < -0.39 is 6.04 Å². The Morgan fingerprint density at radius 1 is 1.09 bits per heavy atom. The minimum absolute atomic E-state index is 0.0872. The summed E-state index contributed by atoms with van der Waals surface area (Å²) in [5, 5.41) is 10.3. The van der Waals surface area contributed by atoms with Crippen molar-refractivity contribution in [1.29, 1.82) is 0 Å². The minimum atomic E-state index is -0.471. The number of carbonyl (C=O) groups excluding carboxylic acids is 2. The maximum absolute atomic E-state index is 12.6. The van der Waals surface area contributed by atoms with Gasteiger partial charge in [-0.1, -0.05) is 54.6 Å². The molecule has 172 valence electrons. The number of hydrogen-bond acceptors (Lipinski definition) is 4. The van der Waals surface area contributed by atoms with E-state index in [0.717, 1.165) is 29.1 Å². The van der Waals surface area contributed by atoms with Gasteiger partial charge in [0.15, 0.2) is 0 Å². The van der Waals surface area contributed by atoms with E-state index in [-0.39, 0.29) is 18.2 Å². The minimum Gasteiger partial charge on any atom is -0.354 e. The van der Waals surface area contributed by atoms with Gasteiger partial charge in [0.05, 0.1) is 24.7 Å². The lowest BCUT2D eigenvalue weighted by atomic mass is 10.0. The molecule has 1 saturated heterocycles. The summed E-state index contributed by atoms with van der Waals surface area (Å²) in [7, 11) is 0. The standard InChI is InChI=1S/C26H31N5O2/c1-19-16-20(2)31(29-19)15-13-27-25(32)17-24-26(33)28-12-14-30(24)18-21-8-10-23(11-9-21)22-6-4-3-5-7-22/h3-11,16,24H,12-15,17-18H2,1-2H3,(H,27,32)(H,28,33). The second kappa shape index (κ2) is 10.4.